The molecule has 1 aromatic heterocycles. The predicted octanol–water partition coefficient (Wildman–Crippen LogP) is 2.85. The number of benzene rings is 1. The third-order valence-corrected chi connectivity index (χ3v) is 5.23. The molecule has 5 nitrogen and oxygen atoms in total. The van der Waals surface area contributed by atoms with Crippen molar-refractivity contribution in [3.8, 4) is 0 Å². The second-order valence-corrected chi connectivity index (χ2v) is 6.75. The van der Waals surface area contributed by atoms with Gasteiger partial charge in [-0.2, -0.15) is 5.10 Å². The molecule has 0 aliphatic carbocycles. The van der Waals surface area contributed by atoms with Gasteiger partial charge in [-0.25, -0.2) is 4.68 Å². The molecule has 1 aromatic carbocycles. The molecular formula is C17H24N4OS. The van der Waals surface area contributed by atoms with Crippen LogP contribution in [0.2, 0.25) is 0 Å². The third-order valence-electron chi connectivity index (χ3n) is 4.75. The zero-order chi connectivity index (χ0) is 16.6. The number of aliphatic hydroxyl groups is 1. The van der Waals surface area contributed by atoms with Gasteiger partial charge in [-0.1, -0.05) is 23.8 Å². The fourth-order valence-corrected chi connectivity index (χ4v) is 3.61. The second-order valence-electron chi connectivity index (χ2n) is 6.39. The Balaban J connectivity index is 1.88. The summed E-state index contributed by atoms with van der Waals surface area (Å²) in [5.41, 5.74) is 4.05. The normalized spacial score (nSPS) is 18.7. The van der Waals surface area contributed by atoms with Gasteiger partial charge in [0.15, 0.2) is 10.6 Å². The number of hydrogen-bond donors (Lipinski definition) is 1. The third kappa shape index (κ3) is 3.11. The molecule has 0 amide bonds. The number of rotatable bonds is 4. The fourth-order valence-electron chi connectivity index (χ4n) is 3.40. The lowest BCUT2D eigenvalue weighted by Gasteiger charge is -2.26. The lowest BCUT2D eigenvalue weighted by Crippen LogP contribution is -2.27. The minimum atomic E-state index is -0.0897. The quantitative estimate of drug-likeness (QED) is 0.875. The van der Waals surface area contributed by atoms with E-state index in [2.05, 4.69) is 42.0 Å². The summed E-state index contributed by atoms with van der Waals surface area (Å²) in [5, 5.41) is 13.8. The van der Waals surface area contributed by atoms with Gasteiger partial charge in [-0.3, -0.25) is 4.90 Å². The Morgan fingerprint density at radius 1 is 1.35 bits per heavy atom. The van der Waals surface area contributed by atoms with E-state index < -0.39 is 0 Å². The molecule has 1 fully saturated rings. The summed E-state index contributed by atoms with van der Waals surface area (Å²) in [6.07, 6.45) is 2.35. The van der Waals surface area contributed by atoms with E-state index in [1.54, 1.807) is 4.57 Å². The van der Waals surface area contributed by atoms with Gasteiger partial charge in [0.25, 0.3) is 0 Å². The highest BCUT2D eigenvalue weighted by molar-refractivity contribution is 7.71. The molecule has 0 spiro atoms. The van der Waals surface area contributed by atoms with Crippen LogP contribution in [0.25, 0.3) is 0 Å². The summed E-state index contributed by atoms with van der Waals surface area (Å²) in [7, 11) is 1.85. The highest BCUT2D eigenvalue weighted by Gasteiger charge is 2.28. The Kier molecular flexibility index (Phi) is 4.66. The van der Waals surface area contributed by atoms with Crippen molar-refractivity contribution in [2.45, 2.75) is 46.0 Å². The number of hydrogen-bond acceptors (Lipinski definition) is 4. The van der Waals surface area contributed by atoms with E-state index in [1.807, 2.05) is 11.7 Å². The smallest absolute Gasteiger partial charge is 0.198 e. The molecule has 0 radical (unpaired) electrons. The van der Waals surface area contributed by atoms with Crippen molar-refractivity contribution >= 4 is 12.2 Å². The predicted molar refractivity (Wildman–Crippen MR) is 92.6 cm³/mol. The highest BCUT2D eigenvalue weighted by Crippen LogP contribution is 2.34. The maximum atomic E-state index is 9.36. The van der Waals surface area contributed by atoms with Crippen LogP contribution in [0, 0.1) is 18.6 Å². The molecule has 1 aliphatic heterocycles. The lowest BCUT2D eigenvalue weighted by molar-refractivity contribution is 0.187. The fraction of sp³-hybridized carbons (Fsp3) is 0.529. The van der Waals surface area contributed by atoms with Crippen LogP contribution in [0.5, 0.6) is 0 Å². The molecule has 6 heteroatoms. The van der Waals surface area contributed by atoms with Gasteiger partial charge in [0, 0.05) is 19.6 Å². The molecule has 1 unspecified atom stereocenters. The summed E-state index contributed by atoms with van der Waals surface area (Å²) in [5.74, 6) is 0.609. The van der Waals surface area contributed by atoms with Crippen molar-refractivity contribution in [2.75, 3.05) is 6.54 Å². The Morgan fingerprint density at radius 2 is 2.13 bits per heavy atom. The van der Waals surface area contributed by atoms with Crippen LogP contribution in [-0.2, 0) is 20.3 Å². The first-order valence-corrected chi connectivity index (χ1v) is 8.47. The minimum Gasteiger partial charge on any atom is -0.388 e. The van der Waals surface area contributed by atoms with Gasteiger partial charge in [-0.15, -0.1) is 0 Å². The molecule has 0 saturated carbocycles. The average molecular weight is 332 g/mol. The first-order valence-electron chi connectivity index (χ1n) is 8.06. The maximum Gasteiger partial charge on any atom is 0.198 e. The van der Waals surface area contributed by atoms with Crippen molar-refractivity contribution < 1.29 is 5.11 Å². The molecule has 0 bridgehead atoms. The van der Waals surface area contributed by atoms with Crippen molar-refractivity contribution in [2.24, 2.45) is 7.05 Å². The zero-order valence-electron chi connectivity index (χ0n) is 14.0. The second kappa shape index (κ2) is 6.55. The Labute approximate surface area is 142 Å². The summed E-state index contributed by atoms with van der Waals surface area (Å²) < 4.78 is 4.25. The summed E-state index contributed by atoms with van der Waals surface area (Å²) >= 11 is 5.44. The molecule has 2 aromatic rings. The Morgan fingerprint density at radius 3 is 2.83 bits per heavy atom. The van der Waals surface area contributed by atoms with Crippen LogP contribution >= 0.6 is 12.2 Å². The Hall–Kier alpha value is -1.50. The SMILES string of the molecule is Cc1ccc(C)c(C2CCCN2Cn2nc(CO)n(C)c2=S)c1. The lowest BCUT2D eigenvalue weighted by atomic mass is 9.97. The van der Waals surface area contributed by atoms with Gasteiger partial charge < -0.3 is 9.67 Å². The van der Waals surface area contributed by atoms with E-state index in [0.717, 1.165) is 13.0 Å². The van der Waals surface area contributed by atoms with Gasteiger partial charge in [0.05, 0.1) is 6.67 Å². The van der Waals surface area contributed by atoms with Gasteiger partial charge >= 0.3 is 0 Å². The number of aromatic nitrogens is 3. The molecule has 3 rings (SSSR count). The largest absolute Gasteiger partial charge is 0.388 e. The molecule has 124 valence electrons. The summed E-state index contributed by atoms with van der Waals surface area (Å²) in [6, 6.07) is 7.09. The van der Waals surface area contributed by atoms with E-state index in [9.17, 15) is 5.11 Å². The molecular weight excluding hydrogens is 308 g/mol. The first-order chi connectivity index (χ1) is 11.0. The molecule has 1 saturated heterocycles. The van der Waals surface area contributed by atoms with Crippen LogP contribution in [0.1, 0.15) is 41.4 Å². The molecule has 23 heavy (non-hydrogen) atoms. The highest BCUT2D eigenvalue weighted by atomic mass is 32.1. The van der Waals surface area contributed by atoms with Gasteiger partial charge in [-0.05, 0) is 50.0 Å². The van der Waals surface area contributed by atoms with Crippen molar-refractivity contribution in [1.29, 1.82) is 0 Å². The first kappa shape index (κ1) is 16.4. The summed E-state index contributed by atoms with van der Waals surface area (Å²) in [4.78, 5) is 2.44. The molecule has 1 aliphatic rings. The van der Waals surface area contributed by atoms with Gasteiger partial charge in [0.1, 0.15) is 6.61 Å². The van der Waals surface area contributed by atoms with Crippen LogP contribution in [0.15, 0.2) is 18.2 Å². The number of aliphatic hydroxyl groups excluding tert-OH is 1. The van der Waals surface area contributed by atoms with E-state index in [1.165, 1.54) is 23.1 Å². The van der Waals surface area contributed by atoms with E-state index in [4.69, 9.17) is 12.2 Å². The number of likely N-dealkylation sites (tertiary alicyclic amines) is 1. The monoisotopic (exact) mass is 332 g/mol. The van der Waals surface area contributed by atoms with Gasteiger partial charge in [0.2, 0.25) is 0 Å². The number of nitrogens with zero attached hydrogens (tertiary/aromatic N) is 4. The van der Waals surface area contributed by atoms with E-state index in [-0.39, 0.29) is 6.61 Å². The van der Waals surface area contributed by atoms with Crippen molar-refractivity contribution in [1.82, 2.24) is 19.2 Å². The molecule has 2 heterocycles. The standard InChI is InChI=1S/C17H24N4OS/c1-12-6-7-13(2)14(9-12)15-5-4-8-20(15)11-21-17(23)19(3)16(10-22)18-21/h6-7,9,15,22H,4-5,8,10-11H2,1-3H3. The molecule has 1 N–H and O–H groups in total. The molecule has 1 atom stereocenters. The Bertz CT molecular complexity index is 764. The van der Waals surface area contributed by atoms with E-state index >= 15 is 0 Å². The van der Waals surface area contributed by atoms with Crippen LogP contribution in [-0.4, -0.2) is 30.9 Å². The topological polar surface area (TPSA) is 46.2 Å². The maximum absolute atomic E-state index is 9.36. The van der Waals surface area contributed by atoms with Crippen LogP contribution in [0.3, 0.4) is 0 Å². The van der Waals surface area contributed by atoms with Crippen LogP contribution < -0.4 is 0 Å². The zero-order valence-corrected chi connectivity index (χ0v) is 14.8. The van der Waals surface area contributed by atoms with Crippen LogP contribution in [0.4, 0.5) is 0 Å². The number of aryl methyl sites for hydroxylation is 2. The average Bonchev–Trinajstić information content (AvgIpc) is 3.10. The minimum absolute atomic E-state index is 0.0897. The van der Waals surface area contributed by atoms with Crippen molar-refractivity contribution in [3.63, 3.8) is 0 Å². The summed E-state index contributed by atoms with van der Waals surface area (Å²) in [6.45, 7) is 5.95. The van der Waals surface area contributed by atoms with E-state index in [0.29, 0.717) is 23.3 Å². The van der Waals surface area contributed by atoms with Crippen molar-refractivity contribution in [3.05, 3.63) is 45.5 Å².